The summed E-state index contributed by atoms with van der Waals surface area (Å²) < 4.78 is 13.1. The molecule has 0 heterocycles. The average Bonchev–Trinajstić information content (AvgIpc) is 2.29. The fourth-order valence-electron chi connectivity index (χ4n) is 1.87. The molecule has 2 heteroatoms. The van der Waals surface area contributed by atoms with E-state index in [1.807, 2.05) is 25.1 Å². The van der Waals surface area contributed by atoms with Crippen molar-refractivity contribution >= 4 is 6.29 Å². The molecule has 1 nitrogen and oxygen atoms in total. The van der Waals surface area contributed by atoms with Crippen LogP contribution < -0.4 is 0 Å². The SMILES string of the molecule is Cc1ccc(C=O)c(Cc2cccc(F)c2)c1. The first-order chi connectivity index (χ1) is 8.19. The molecule has 0 aromatic heterocycles. The molecule has 17 heavy (non-hydrogen) atoms. The zero-order valence-electron chi connectivity index (χ0n) is 9.61. The minimum Gasteiger partial charge on any atom is -0.298 e. The second-order valence-corrected chi connectivity index (χ2v) is 4.13. The lowest BCUT2D eigenvalue weighted by molar-refractivity contribution is 0.112. The van der Waals surface area contributed by atoms with E-state index < -0.39 is 0 Å². The molecule has 0 aliphatic heterocycles. The minimum atomic E-state index is -0.247. The third-order valence-corrected chi connectivity index (χ3v) is 2.71. The van der Waals surface area contributed by atoms with Gasteiger partial charge < -0.3 is 0 Å². The molecular weight excluding hydrogens is 215 g/mol. The molecule has 0 saturated heterocycles. The molecular formula is C15H13FO. The van der Waals surface area contributed by atoms with Crippen LogP contribution in [0.5, 0.6) is 0 Å². The molecule has 0 N–H and O–H groups in total. The standard InChI is InChI=1S/C15H13FO/c1-11-5-6-13(10-17)14(7-11)8-12-3-2-4-15(16)9-12/h2-7,9-10H,8H2,1H3. The van der Waals surface area contributed by atoms with Gasteiger partial charge in [0.1, 0.15) is 12.1 Å². The Morgan fingerprint density at radius 3 is 2.71 bits per heavy atom. The quantitative estimate of drug-likeness (QED) is 0.734. The highest BCUT2D eigenvalue weighted by Crippen LogP contribution is 2.15. The van der Waals surface area contributed by atoms with Gasteiger partial charge in [-0.05, 0) is 36.6 Å². The van der Waals surface area contributed by atoms with Gasteiger partial charge in [-0.1, -0.05) is 35.9 Å². The number of benzene rings is 2. The van der Waals surface area contributed by atoms with Crippen molar-refractivity contribution in [1.29, 1.82) is 0 Å². The first-order valence-electron chi connectivity index (χ1n) is 5.48. The second-order valence-electron chi connectivity index (χ2n) is 4.13. The molecule has 0 amide bonds. The molecule has 86 valence electrons. The molecule has 2 aromatic rings. The second kappa shape index (κ2) is 4.91. The van der Waals surface area contributed by atoms with E-state index >= 15 is 0 Å². The summed E-state index contributed by atoms with van der Waals surface area (Å²) in [5.41, 5.74) is 3.58. The molecule has 0 spiro atoms. The van der Waals surface area contributed by atoms with E-state index in [9.17, 15) is 9.18 Å². The maximum atomic E-state index is 13.1. The smallest absolute Gasteiger partial charge is 0.150 e. The maximum absolute atomic E-state index is 13.1. The Kier molecular flexibility index (Phi) is 3.33. The van der Waals surface area contributed by atoms with Crippen LogP contribution in [0.2, 0.25) is 0 Å². The number of halogens is 1. The van der Waals surface area contributed by atoms with Crippen molar-refractivity contribution in [2.24, 2.45) is 0 Å². The van der Waals surface area contributed by atoms with Gasteiger partial charge in [-0.25, -0.2) is 4.39 Å². The van der Waals surface area contributed by atoms with Crippen LogP contribution in [0.15, 0.2) is 42.5 Å². The minimum absolute atomic E-state index is 0.247. The van der Waals surface area contributed by atoms with Gasteiger partial charge in [0.05, 0.1) is 0 Å². The lowest BCUT2D eigenvalue weighted by atomic mass is 9.98. The normalized spacial score (nSPS) is 10.2. The number of hydrogen-bond acceptors (Lipinski definition) is 1. The van der Waals surface area contributed by atoms with Crippen LogP contribution in [0.1, 0.15) is 27.0 Å². The highest BCUT2D eigenvalue weighted by molar-refractivity contribution is 5.77. The van der Waals surface area contributed by atoms with E-state index in [0.717, 1.165) is 23.0 Å². The van der Waals surface area contributed by atoms with Crippen molar-refractivity contribution in [2.75, 3.05) is 0 Å². The third-order valence-electron chi connectivity index (χ3n) is 2.71. The maximum Gasteiger partial charge on any atom is 0.150 e. The van der Waals surface area contributed by atoms with Crippen LogP contribution in [0, 0.1) is 12.7 Å². The van der Waals surface area contributed by atoms with E-state index in [2.05, 4.69) is 0 Å². The fourth-order valence-corrected chi connectivity index (χ4v) is 1.87. The van der Waals surface area contributed by atoms with Gasteiger partial charge in [-0.3, -0.25) is 4.79 Å². The number of aldehydes is 1. The number of carbonyl (C=O) groups excluding carboxylic acids is 1. The van der Waals surface area contributed by atoms with E-state index in [1.54, 1.807) is 12.1 Å². The Labute approximate surface area is 99.9 Å². The summed E-state index contributed by atoms with van der Waals surface area (Å²) in [6.45, 7) is 1.98. The van der Waals surface area contributed by atoms with Crippen molar-refractivity contribution in [3.05, 3.63) is 70.5 Å². The van der Waals surface area contributed by atoms with Gasteiger partial charge in [0, 0.05) is 5.56 Å². The van der Waals surface area contributed by atoms with Crippen molar-refractivity contribution in [2.45, 2.75) is 13.3 Å². The van der Waals surface area contributed by atoms with Crippen LogP contribution in [-0.4, -0.2) is 6.29 Å². The molecule has 0 bridgehead atoms. The summed E-state index contributed by atoms with van der Waals surface area (Å²) in [7, 11) is 0. The monoisotopic (exact) mass is 228 g/mol. The highest BCUT2D eigenvalue weighted by atomic mass is 19.1. The lowest BCUT2D eigenvalue weighted by Crippen LogP contribution is -1.95. The summed E-state index contributed by atoms with van der Waals surface area (Å²) >= 11 is 0. The van der Waals surface area contributed by atoms with Crippen LogP contribution >= 0.6 is 0 Å². The Bertz CT molecular complexity index is 546. The van der Waals surface area contributed by atoms with Gasteiger partial charge in [-0.2, -0.15) is 0 Å². The van der Waals surface area contributed by atoms with Crippen LogP contribution in [0.4, 0.5) is 4.39 Å². The molecule has 0 atom stereocenters. The Balaban J connectivity index is 2.35. The van der Waals surface area contributed by atoms with Gasteiger partial charge in [0.15, 0.2) is 0 Å². The van der Waals surface area contributed by atoms with E-state index in [1.165, 1.54) is 12.1 Å². The zero-order valence-corrected chi connectivity index (χ0v) is 9.61. The molecule has 0 aliphatic carbocycles. The molecule has 0 saturated carbocycles. The van der Waals surface area contributed by atoms with Gasteiger partial charge in [0.2, 0.25) is 0 Å². The molecule has 0 aliphatic rings. The molecule has 2 aromatic carbocycles. The van der Waals surface area contributed by atoms with E-state index in [-0.39, 0.29) is 5.82 Å². The predicted molar refractivity (Wildman–Crippen MR) is 65.8 cm³/mol. The Hall–Kier alpha value is -1.96. The number of carbonyl (C=O) groups is 1. The largest absolute Gasteiger partial charge is 0.298 e. The van der Waals surface area contributed by atoms with Crippen LogP contribution in [0.3, 0.4) is 0 Å². The van der Waals surface area contributed by atoms with Gasteiger partial charge >= 0.3 is 0 Å². The summed E-state index contributed by atoms with van der Waals surface area (Å²) in [4.78, 5) is 10.9. The topological polar surface area (TPSA) is 17.1 Å². The number of rotatable bonds is 3. The summed E-state index contributed by atoms with van der Waals surface area (Å²) in [6, 6.07) is 12.1. The lowest BCUT2D eigenvalue weighted by Gasteiger charge is -2.06. The zero-order chi connectivity index (χ0) is 12.3. The molecule has 0 fully saturated rings. The number of hydrogen-bond donors (Lipinski definition) is 0. The Morgan fingerprint density at radius 2 is 2.00 bits per heavy atom. The molecule has 0 unspecified atom stereocenters. The molecule has 0 radical (unpaired) electrons. The summed E-state index contributed by atoms with van der Waals surface area (Å²) in [6.07, 6.45) is 1.42. The summed E-state index contributed by atoms with van der Waals surface area (Å²) in [5, 5.41) is 0. The van der Waals surface area contributed by atoms with E-state index in [4.69, 9.17) is 0 Å². The first-order valence-corrected chi connectivity index (χ1v) is 5.48. The van der Waals surface area contributed by atoms with E-state index in [0.29, 0.717) is 12.0 Å². The van der Waals surface area contributed by atoms with Crippen LogP contribution in [0.25, 0.3) is 0 Å². The number of aryl methyl sites for hydroxylation is 1. The fraction of sp³-hybridized carbons (Fsp3) is 0.133. The van der Waals surface area contributed by atoms with Gasteiger partial charge in [0.25, 0.3) is 0 Å². The van der Waals surface area contributed by atoms with Gasteiger partial charge in [-0.15, -0.1) is 0 Å². The van der Waals surface area contributed by atoms with Crippen molar-refractivity contribution in [1.82, 2.24) is 0 Å². The highest BCUT2D eigenvalue weighted by Gasteiger charge is 2.04. The van der Waals surface area contributed by atoms with Crippen molar-refractivity contribution in [3.8, 4) is 0 Å². The predicted octanol–water partition coefficient (Wildman–Crippen LogP) is 3.54. The Morgan fingerprint density at radius 1 is 1.18 bits per heavy atom. The van der Waals surface area contributed by atoms with Crippen LogP contribution in [-0.2, 0) is 6.42 Å². The summed E-state index contributed by atoms with van der Waals surface area (Å²) in [5.74, 6) is -0.247. The third kappa shape index (κ3) is 2.78. The van der Waals surface area contributed by atoms with Crippen molar-refractivity contribution in [3.63, 3.8) is 0 Å². The first kappa shape index (κ1) is 11.5. The average molecular weight is 228 g/mol. The molecule has 2 rings (SSSR count). The van der Waals surface area contributed by atoms with Crippen molar-refractivity contribution < 1.29 is 9.18 Å².